The molecule has 156 valence electrons. The summed E-state index contributed by atoms with van der Waals surface area (Å²) >= 11 is 0. The van der Waals surface area contributed by atoms with Crippen molar-refractivity contribution < 1.29 is 4.57 Å². The molecule has 1 aromatic carbocycles. The molecule has 0 bridgehead atoms. The van der Waals surface area contributed by atoms with E-state index in [-0.39, 0.29) is 5.56 Å². The first-order valence-corrected chi connectivity index (χ1v) is 12.9. The van der Waals surface area contributed by atoms with E-state index in [4.69, 9.17) is 4.98 Å². The fourth-order valence-corrected chi connectivity index (χ4v) is 5.64. The van der Waals surface area contributed by atoms with Crippen molar-refractivity contribution in [1.82, 2.24) is 24.8 Å². The maximum atomic E-state index is 12.7. The van der Waals surface area contributed by atoms with Gasteiger partial charge in [-0.05, 0) is 69.9 Å². The SMILES string of the molecule is CN1CCC(c2ccc3[nH]c(-c4c(=O)[nH]cc5c(P(C)(C)=O)c[nH]c45)nc3c2)CC1. The lowest BCUT2D eigenvalue weighted by atomic mass is 9.89. The average Bonchev–Trinajstić information content (AvgIpc) is 3.31. The van der Waals surface area contributed by atoms with Gasteiger partial charge in [0.1, 0.15) is 18.5 Å². The molecule has 0 radical (unpaired) electrons. The molecule has 0 aliphatic carbocycles. The van der Waals surface area contributed by atoms with Crippen LogP contribution in [0.4, 0.5) is 0 Å². The molecular weight excluding hydrogens is 397 g/mol. The Kier molecular flexibility index (Phi) is 4.49. The molecule has 7 nitrogen and oxygen atoms in total. The standard InChI is InChI=1S/C22H26N5O2P/c1-27-8-6-13(7-9-27)14-4-5-16-17(10-14)26-21(25-16)19-20-15(11-24-22(19)28)18(12-23-20)30(2,3)29/h4-5,10-13,23H,6-9H2,1-3H3,(H,24,28)(H,25,26). The lowest BCUT2D eigenvalue weighted by Gasteiger charge is -2.29. The Morgan fingerprint density at radius 2 is 1.90 bits per heavy atom. The number of nitrogens with one attached hydrogen (secondary N) is 3. The number of imidazole rings is 1. The van der Waals surface area contributed by atoms with Crippen LogP contribution in [0.3, 0.4) is 0 Å². The summed E-state index contributed by atoms with van der Waals surface area (Å²) in [5.41, 5.74) is 3.95. The fourth-order valence-electron chi connectivity index (χ4n) is 4.51. The monoisotopic (exact) mass is 423 g/mol. The van der Waals surface area contributed by atoms with Gasteiger partial charge in [0.2, 0.25) is 0 Å². The second-order valence-electron chi connectivity index (χ2n) is 8.75. The first-order chi connectivity index (χ1) is 14.3. The zero-order valence-corrected chi connectivity index (χ0v) is 18.3. The molecule has 3 aromatic heterocycles. The van der Waals surface area contributed by atoms with Gasteiger partial charge in [-0.1, -0.05) is 6.07 Å². The second kappa shape index (κ2) is 6.96. The number of benzene rings is 1. The highest BCUT2D eigenvalue weighted by Crippen LogP contribution is 2.38. The summed E-state index contributed by atoms with van der Waals surface area (Å²) in [4.78, 5) is 29.1. The van der Waals surface area contributed by atoms with Crippen molar-refractivity contribution >= 4 is 34.4 Å². The number of pyridine rings is 1. The molecular formula is C22H26N5O2P. The first kappa shape index (κ1) is 19.3. The van der Waals surface area contributed by atoms with Crippen molar-refractivity contribution in [3.63, 3.8) is 0 Å². The minimum Gasteiger partial charge on any atom is -0.360 e. The molecule has 0 amide bonds. The molecule has 30 heavy (non-hydrogen) atoms. The van der Waals surface area contributed by atoms with Crippen LogP contribution in [-0.2, 0) is 4.57 Å². The van der Waals surface area contributed by atoms with Gasteiger partial charge in [0, 0.05) is 23.1 Å². The number of piperidine rings is 1. The molecule has 1 saturated heterocycles. The molecule has 0 unspecified atom stereocenters. The average molecular weight is 423 g/mol. The Labute approximate surface area is 174 Å². The Balaban J connectivity index is 1.61. The van der Waals surface area contributed by atoms with Crippen LogP contribution in [0.5, 0.6) is 0 Å². The number of hydrogen-bond donors (Lipinski definition) is 3. The predicted molar refractivity (Wildman–Crippen MR) is 123 cm³/mol. The highest BCUT2D eigenvalue weighted by Gasteiger charge is 2.22. The molecule has 3 N–H and O–H groups in total. The van der Waals surface area contributed by atoms with Crippen molar-refractivity contribution in [3.05, 3.63) is 46.5 Å². The number of likely N-dealkylation sites (tertiary alicyclic amines) is 1. The van der Waals surface area contributed by atoms with Crippen LogP contribution in [0.15, 0.2) is 35.4 Å². The van der Waals surface area contributed by atoms with E-state index in [1.165, 1.54) is 5.56 Å². The lowest BCUT2D eigenvalue weighted by Crippen LogP contribution is -2.29. The Morgan fingerprint density at radius 1 is 1.13 bits per heavy atom. The van der Waals surface area contributed by atoms with Crippen LogP contribution < -0.4 is 10.9 Å². The minimum atomic E-state index is -2.48. The summed E-state index contributed by atoms with van der Waals surface area (Å²) in [6.07, 6.45) is 5.67. The molecule has 0 saturated carbocycles. The highest BCUT2D eigenvalue weighted by atomic mass is 31.2. The van der Waals surface area contributed by atoms with Crippen LogP contribution in [0.25, 0.3) is 33.3 Å². The van der Waals surface area contributed by atoms with Gasteiger partial charge in [-0.2, -0.15) is 0 Å². The Morgan fingerprint density at radius 3 is 2.63 bits per heavy atom. The third-order valence-corrected chi connectivity index (χ3v) is 7.77. The van der Waals surface area contributed by atoms with E-state index < -0.39 is 7.14 Å². The summed E-state index contributed by atoms with van der Waals surface area (Å²) in [5.74, 6) is 1.07. The van der Waals surface area contributed by atoms with Gasteiger partial charge in [0.05, 0.1) is 16.6 Å². The van der Waals surface area contributed by atoms with Gasteiger partial charge in [0.25, 0.3) is 5.56 Å². The normalized spacial score (nSPS) is 16.6. The summed E-state index contributed by atoms with van der Waals surface area (Å²) in [6, 6.07) is 6.37. The predicted octanol–water partition coefficient (Wildman–Crippen LogP) is 3.46. The van der Waals surface area contributed by atoms with Crippen molar-refractivity contribution in [2.75, 3.05) is 33.5 Å². The number of aromatic nitrogens is 4. The van der Waals surface area contributed by atoms with E-state index in [9.17, 15) is 9.36 Å². The number of H-pyrrole nitrogens is 3. The van der Waals surface area contributed by atoms with E-state index in [0.29, 0.717) is 22.8 Å². The van der Waals surface area contributed by atoms with Crippen LogP contribution in [0.1, 0.15) is 24.3 Å². The maximum Gasteiger partial charge on any atom is 0.261 e. The van der Waals surface area contributed by atoms with Crippen molar-refractivity contribution in [2.24, 2.45) is 0 Å². The maximum absolute atomic E-state index is 12.7. The summed E-state index contributed by atoms with van der Waals surface area (Å²) < 4.78 is 12.6. The van der Waals surface area contributed by atoms with E-state index in [1.54, 1.807) is 25.7 Å². The van der Waals surface area contributed by atoms with Gasteiger partial charge in [-0.25, -0.2) is 4.98 Å². The molecule has 4 heterocycles. The molecule has 0 atom stereocenters. The summed E-state index contributed by atoms with van der Waals surface area (Å²) in [7, 11) is -0.319. The zero-order valence-electron chi connectivity index (χ0n) is 17.5. The first-order valence-electron chi connectivity index (χ1n) is 10.3. The van der Waals surface area contributed by atoms with Crippen LogP contribution in [-0.4, -0.2) is 58.3 Å². The molecule has 1 fully saturated rings. The Hall–Kier alpha value is -2.63. The van der Waals surface area contributed by atoms with E-state index >= 15 is 0 Å². The van der Waals surface area contributed by atoms with Gasteiger partial charge < -0.3 is 24.4 Å². The molecule has 1 aliphatic rings. The minimum absolute atomic E-state index is 0.229. The zero-order chi connectivity index (χ0) is 21.0. The fraction of sp³-hybridized carbons (Fsp3) is 0.364. The van der Waals surface area contributed by atoms with Crippen molar-refractivity contribution in [1.29, 1.82) is 0 Å². The topological polar surface area (TPSA) is 97.6 Å². The molecule has 4 aromatic rings. The second-order valence-corrected chi connectivity index (χ2v) is 11.9. The third-order valence-electron chi connectivity index (χ3n) is 6.24. The summed E-state index contributed by atoms with van der Waals surface area (Å²) in [6.45, 7) is 5.68. The van der Waals surface area contributed by atoms with Gasteiger partial charge in [0.15, 0.2) is 0 Å². The number of hydrogen-bond acceptors (Lipinski definition) is 4. The Bertz CT molecular complexity index is 1350. The van der Waals surface area contributed by atoms with Crippen molar-refractivity contribution in [3.8, 4) is 11.4 Å². The van der Waals surface area contributed by atoms with Gasteiger partial charge >= 0.3 is 0 Å². The third kappa shape index (κ3) is 3.22. The van der Waals surface area contributed by atoms with Crippen LogP contribution in [0.2, 0.25) is 0 Å². The highest BCUT2D eigenvalue weighted by molar-refractivity contribution is 7.70. The van der Waals surface area contributed by atoms with Gasteiger partial charge in [-0.3, -0.25) is 4.79 Å². The number of rotatable bonds is 3. The van der Waals surface area contributed by atoms with Crippen LogP contribution >= 0.6 is 7.14 Å². The van der Waals surface area contributed by atoms with E-state index in [1.807, 2.05) is 0 Å². The quantitative estimate of drug-likeness (QED) is 0.440. The van der Waals surface area contributed by atoms with Crippen LogP contribution in [0, 0.1) is 0 Å². The number of fused-ring (bicyclic) bond motifs is 2. The molecule has 8 heteroatoms. The van der Waals surface area contributed by atoms with Gasteiger partial charge in [-0.15, -0.1) is 0 Å². The number of aromatic amines is 3. The molecule has 5 rings (SSSR count). The largest absolute Gasteiger partial charge is 0.360 e. The van der Waals surface area contributed by atoms with E-state index in [0.717, 1.165) is 47.7 Å². The summed E-state index contributed by atoms with van der Waals surface area (Å²) in [5, 5.41) is 1.50. The lowest BCUT2D eigenvalue weighted by molar-refractivity contribution is 0.255. The molecule has 1 aliphatic heterocycles. The number of nitrogens with zero attached hydrogens (tertiary/aromatic N) is 2. The molecule has 0 spiro atoms. The smallest absolute Gasteiger partial charge is 0.261 e. The van der Waals surface area contributed by atoms with E-state index in [2.05, 4.69) is 45.1 Å². The van der Waals surface area contributed by atoms with Crippen molar-refractivity contribution in [2.45, 2.75) is 18.8 Å².